The Kier molecular flexibility index (Phi) is 6.34. The number of amides is 2. The molecule has 0 aromatic heterocycles. The third-order valence-corrected chi connectivity index (χ3v) is 4.45. The van der Waals surface area contributed by atoms with Crippen LogP contribution in [0.5, 0.6) is 11.5 Å². The molecule has 0 spiro atoms. The molecule has 0 saturated heterocycles. The average Bonchev–Trinajstić information content (AvgIpc) is 2.98. The lowest BCUT2D eigenvalue weighted by Gasteiger charge is -2.12. The van der Waals surface area contributed by atoms with Crippen molar-refractivity contribution in [3.63, 3.8) is 0 Å². The van der Waals surface area contributed by atoms with Crippen molar-refractivity contribution in [2.24, 2.45) is 0 Å². The second-order valence-corrected chi connectivity index (χ2v) is 6.49. The van der Waals surface area contributed by atoms with Crippen LogP contribution in [0.2, 0.25) is 0 Å². The molecule has 0 atom stereocenters. The molecular formula is C23H24N2O4. The van der Waals surface area contributed by atoms with Crippen LogP contribution in [-0.4, -0.2) is 37.0 Å². The summed E-state index contributed by atoms with van der Waals surface area (Å²) < 4.78 is 10.8. The van der Waals surface area contributed by atoms with Crippen LogP contribution in [0.1, 0.15) is 18.9 Å². The molecule has 0 aliphatic carbocycles. The maximum Gasteiger partial charge on any atom is 0.278 e. The Hall–Kier alpha value is -3.54. The van der Waals surface area contributed by atoms with Gasteiger partial charge in [-0.2, -0.15) is 0 Å². The number of benzene rings is 2. The number of hydrogen-bond acceptors (Lipinski definition) is 5. The van der Waals surface area contributed by atoms with E-state index in [2.05, 4.69) is 11.9 Å². The van der Waals surface area contributed by atoms with E-state index in [1.807, 2.05) is 6.92 Å². The van der Waals surface area contributed by atoms with E-state index in [4.69, 9.17) is 9.47 Å². The molecule has 0 saturated carbocycles. The lowest BCUT2D eigenvalue weighted by atomic mass is 10.0. The molecule has 1 aliphatic rings. The summed E-state index contributed by atoms with van der Waals surface area (Å²) in [6.07, 6.45) is 2.44. The van der Waals surface area contributed by atoms with Gasteiger partial charge in [-0.05, 0) is 48.4 Å². The van der Waals surface area contributed by atoms with Gasteiger partial charge in [-0.1, -0.05) is 25.1 Å². The first-order chi connectivity index (χ1) is 14.1. The standard InChI is InChI=1S/C23H24N2O4/c1-4-14-25-22(26)20(16-6-10-19(11-7-16)29-15-5-2)21(23(25)27)24-17-8-12-18(28-3)13-9-17/h4,6-13,24H,1,5,14-15H2,2-3H3. The van der Waals surface area contributed by atoms with Crippen molar-refractivity contribution in [1.82, 2.24) is 4.90 Å². The SMILES string of the molecule is C=CCN1C(=O)C(Nc2ccc(OC)cc2)=C(c2ccc(OCCC)cc2)C1=O. The number of rotatable bonds is 9. The molecule has 1 N–H and O–H groups in total. The Labute approximate surface area is 170 Å². The van der Waals surface area contributed by atoms with E-state index in [1.54, 1.807) is 55.6 Å². The van der Waals surface area contributed by atoms with Gasteiger partial charge in [-0.25, -0.2) is 0 Å². The minimum absolute atomic E-state index is 0.145. The number of methoxy groups -OCH3 is 1. The Bertz CT molecular complexity index is 930. The summed E-state index contributed by atoms with van der Waals surface area (Å²) in [6.45, 7) is 6.45. The molecular weight excluding hydrogens is 368 g/mol. The quantitative estimate of drug-likeness (QED) is 0.518. The minimum atomic E-state index is -0.382. The molecule has 6 nitrogen and oxygen atoms in total. The van der Waals surface area contributed by atoms with Crippen LogP contribution in [0.4, 0.5) is 5.69 Å². The number of nitrogens with one attached hydrogen (secondary N) is 1. The summed E-state index contributed by atoms with van der Waals surface area (Å²) in [4.78, 5) is 27.1. The highest BCUT2D eigenvalue weighted by atomic mass is 16.5. The largest absolute Gasteiger partial charge is 0.497 e. The van der Waals surface area contributed by atoms with Crippen LogP contribution in [-0.2, 0) is 9.59 Å². The highest BCUT2D eigenvalue weighted by Gasteiger charge is 2.38. The second kappa shape index (κ2) is 9.10. The molecule has 1 aliphatic heterocycles. The summed E-state index contributed by atoms with van der Waals surface area (Å²) in [6, 6.07) is 14.3. The number of imide groups is 1. The molecule has 1 heterocycles. The van der Waals surface area contributed by atoms with E-state index in [9.17, 15) is 9.59 Å². The number of carbonyl (C=O) groups excluding carboxylic acids is 2. The topological polar surface area (TPSA) is 67.9 Å². The first-order valence-electron chi connectivity index (χ1n) is 9.44. The van der Waals surface area contributed by atoms with Gasteiger partial charge in [0.15, 0.2) is 0 Å². The molecule has 0 unspecified atom stereocenters. The van der Waals surface area contributed by atoms with Gasteiger partial charge < -0.3 is 14.8 Å². The van der Waals surface area contributed by atoms with Crippen LogP contribution in [0.15, 0.2) is 66.9 Å². The Morgan fingerprint density at radius 2 is 1.66 bits per heavy atom. The molecule has 2 amide bonds. The van der Waals surface area contributed by atoms with E-state index in [1.165, 1.54) is 11.0 Å². The molecule has 29 heavy (non-hydrogen) atoms. The van der Waals surface area contributed by atoms with Crippen molar-refractivity contribution >= 4 is 23.1 Å². The average molecular weight is 392 g/mol. The lowest BCUT2D eigenvalue weighted by molar-refractivity contribution is -0.136. The Morgan fingerprint density at radius 3 is 2.24 bits per heavy atom. The highest BCUT2D eigenvalue weighted by molar-refractivity contribution is 6.36. The Balaban J connectivity index is 1.97. The molecule has 0 radical (unpaired) electrons. The monoisotopic (exact) mass is 392 g/mol. The van der Waals surface area contributed by atoms with E-state index in [-0.39, 0.29) is 24.1 Å². The van der Waals surface area contributed by atoms with E-state index in [0.29, 0.717) is 29.2 Å². The summed E-state index contributed by atoms with van der Waals surface area (Å²) >= 11 is 0. The third kappa shape index (κ3) is 4.32. The zero-order chi connectivity index (χ0) is 20.8. The molecule has 6 heteroatoms. The molecule has 150 valence electrons. The maximum absolute atomic E-state index is 13.0. The predicted molar refractivity (Wildman–Crippen MR) is 113 cm³/mol. The highest BCUT2D eigenvalue weighted by Crippen LogP contribution is 2.31. The summed E-state index contributed by atoms with van der Waals surface area (Å²) in [5.41, 5.74) is 1.90. The molecule has 0 fully saturated rings. The van der Waals surface area contributed by atoms with Gasteiger partial charge in [0.25, 0.3) is 11.8 Å². The van der Waals surface area contributed by atoms with Crippen LogP contribution in [0.25, 0.3) is 5.57 Å². The maximum atomic E-state index is 13.0. The van der Waals surface area contributed by atoms with Gasteiger partial charge in [0.2, 0.25) is 0 Å². The Morgan fingerprint density at radius 1 is 1.00 bits per heavy atom. The lowest BCUT2D eigenvalue weighted by Crippen LogP contribution is -2.32. The number of carbonyl (C=O) groups is 2. The first kappa shape index (κ1) is 20.2. The van der Waals surface area contributed by atoms with Crippen LogP contribution < -0.4 is 14.8 Å². The van der Waals surface area contributed by atoms with Crippen LogP contribution >= 0.6 is 0 Å². The summed E-state index contributed by atoms with van der Waals surface area (Å²) in [7, 11) is 1.59. The van der Waals surface area contributed by atoms with Gasteiger partial charge in [0.05, 0.1) is 19.3 Å². The summed E-state index contributed by atoms with van der Waals surface area (Å²) in [5.74, 6) is 0.690. The number of hydrogen-bond donors (Lipinski definition) is 1. The fraction of sp³-hybridized carbons (Fsp3) is 0.217. The number of anilines is 1. The zero-order valence-electron chi connectivity index (χ0n) is 16.6. The smallest absolute Gasteiger partial charge is 0.278 e. The van der Waals surface area contributed by atoms with Crippen molar-refractivity contribution in [2.45, 2.75) is 13.3 Å². The zero-order valence-corrected chi connectivity index (χ0v) is 16.6. The van der Waals surface area contributed by atoms with Crippen molar-refractivity contribution in [2.75, 3.05) is 25.6 Å². The van der Waals surface area contributed by atoms with Gasteiger partial charge in [-0.15, -0.1) is 6.58 Å². The molecule has 2 aromatic carbocycles. The molecule has 3 rings (SSSR count). The van der Waals surface area contributed by atoms with Crippen molar-refractivity contribution < 1.29 is 19.1 Å². The second-order valence-electron chi connectivity index (χ2n) is 6.49. The van der Waals surface area contributed by atoms with E-state index < -0.39 is 0 Å². The van der Waals surface area contributed by atoms with Crippen LogP contribution in [0, 0.1) is 0 Å². The normalized spacial score (nSPS) is 13.7. The van der Waals surface area contributed by atoms with E-state index in [0.717, 1.165) is 12.2 Å². The fourth-order valence-corrected chi connectivity index (χ4v) is 3.01. The molecule has 0 bridgehead atoms. The summed E-state index contributed by atoms with van der Waals surface area (Å²) in [5, 5.41) is 3.10. The van der Waals surface area contributed by atoms with Crippen molar-refractivity contribution in [3.8, 4) is 11.5 Å². The van der Waals surface area contributed by atoms with Crippen molar-refractivity contribution in [3.05, 3.63) is 72.4 Å². The number of nitrogens with zero attached hydrogens (tertiary/aromatic N) is 1. The van der Waals surface area contributed by atoms with Crippen molar-refractivity contribution in [1.29, 1.82) is 0 Å². The number of ether oxygens (including phenoxy) is 2. The van der Waals surface area contributed by atoms with Gasteiger partial charge in [0, 0.05) is 12.2 Å². The minimum Gasteiger partial charge on any atom is -0.497 e. The van der Waals surface area contributed by atoms with Gasteiger partial charge in [0.1, 0.15) is 17.2 Å². The molecule has 2 aromatic rings. The fourth-order valence-electron chi connectivity index (χ4n) is 3.01. The predicted octanol–water partition coefficient (Wildman–Crippen LogP) is 3.86. The van der Waals surface area contributed by atoms with Crippen LogP contribution in [0.3, 0.4) is 0 Å². The van der Waals surface area contributed by atoms with Gasteiger partial charge >= 0.3 is 0 Å². The first-order valence-corrected chi connectivity index (χ1v) is 9.44. The van der Waals surface area contributed by atoms with Gasteiger partial charge in [-0.3, -0.25) is 14.5 Å². The van der Waals surface area contributed by atoms with E-state index >= 15 is 0 Å². The third-order valence-electron chi connectivity index (χ3n) is 4.45.